The van der Waals surface area contributed by atoms with Gasteiger partial charge >= 0.3 is 0 Å². The lowest BCUT2D eigenvalue weighted by atomic mass is 10.4. The molecule has 0 aromatic rings. The van der Waals surface area contributed by atoms with Gasteiger partial charge < -0.3 is 0 Å². The molecule has 1 aliphatic heterocycles. The van der Waals surface area contributed by atoms with E-state index in [1.807, 2.05) is 13.8 Å². The third-order valence-electron chi connectivity index (χ3n) is 0.965. The predicted molar refractivity (Wildman–Crippen MR) is 33.8 cm³/mol. The topological polar surface area (TPSA) is 40.3 Å². The second kappa shape index (κ2) is 2.42. The highest BCUT2D eigenvalue weighted by molar-refractivity contribution is 5.50. The summed E-state index contributed by atoms with van der Waals surface area (Å²) in [6.07, 6.45) is 1.66. The molecular formula is C5H8N4. The van der Waals surface area contributed by atoms with Gasteiger partial charge in [-0.1, -0.05) is 5.10 Å². The summed E-state index contributed by atoms with van der Waals surface area (Å²) in [5.74, 6) is 2.58. The standard InChI is InChI=1S/C5H8N4/c1-5(2)9-4-3-6-7-8-9/h4-5H,1-2H3. The van der Waals surface area contributed by atoms with Crippen molar-refractivity contribution in [1.29, 1.82) is 0 Å². The maximum Gasteiger partial charge on any atom is 0.0886 e. The van der Waals surface area contributed by atoms with E-state index >= 15 is 0 Å². The second-order valence-electron chi connectivity index (χ2n) is 2.01. The quantitative estimate of drug-likeness (QED) is 0.517. The van der Waals surface area contributed by atoms with Crippen molar-refractivity contribution >= 4 is 5.87 Å². The summed E-state index contributed by atoms with van der Waals surface area (Å²) in [5, 5.41) is 12.2. The zero-order valence-corrected chi connectivity index (χ0v) is 5.44. The molecule has 1 aliphatic rings. The zero-order chi connectivity index (χ0) is 6.69. The Morgan fingerprint density at radius 3 is 2.67 bits per heavy atom. The van der Waals surface area contributed by atoms with Crippen molar-refractivity contribution in [1.82, 2.24) is 5.01 Å². The molecule has 0 aromatic carbocycles. The molecule has 0 N–H and O–H groups in total. The van der Waals surface area contributed by atoms with Crippen LogP contribution in [0.5, 0.6) is 0 Å². The Balaban J connectivity index is 2.65. The number of hydrogen-bond donors (Lipinski definition) is 0. The molecule has 0 unspecified atom stereocenters. The monoisotopic (exact) mass is 124 g/mol. The summed E-state index contributed by atoms with van der Waals surface area (Å²) in [6, 6.07) is 0.330. The predicted octanol–water partition coefficient (Wildman–Crippen LogP) is 1.18. The van der Waals surface area contributed by atoms with Gasteiger partial charge in [0, 0.05) is 11.9 Å². The molecule has 0 bridgehead atoms. The average molecular weight is 124 g/mol. The van der Waals surface area contributed by atoms with Gasteiger partial charge in [-0.2, -0.15) is 0 Å². The molecule has 1 heterocycles. The van der Waals surface area contributed by atoms with E-state index in [0.717, 1.165) is 0 Å². The van der Waals surface area contributed by atoms with Crippen LogP contribution in [0, 0.1) is 0 Å². The number of rotatable bonds is 1. The summed E-state index contributed by atoms with van der Waals surface area (Å²) in [4.78, 5) is 0. The highest BCUT2D eigenvalue weighted by Gasteiger charge is 2.02. The summed E-state index contributed by atoms with van der Waals surface area (Å²) < 4.78 is 0. The van der Waals surface area contributed by atoms with Crippen LogP contribution < -0.4 is 0 Å². The average Bonchev–Trinajstić information content (AvgIpc) is 1.90. The summed E-state index contributed by atoms with van der Waals surface area (Å²) in [6.45, 7) is 4.03. The van der Waals surface area contributed by atoms with Crippen molar-refractivity contribution in [2.45, 2.75) is 19.9 Å². The minimum Gasteiger partial charge on any atom is -0.241 e. The minimum atomic E-state index is 0.330. The smallest absolute Gasteiger partial charge is 0.0886 e. The van der Waals surface area contributed by atoms with Gasteiger partial charge in [-0.3, -0.25) is 0 Å². The van der Waals surface area contributed by atoms with Gasteiger partial charge in [-0.25, -0.2) is 5.01 Å². The van der Waals surface area contributed by atoms with Crippen LogP contribution in [-0.2, 0) is 0 Å². The van der Waals surface area contributed by atoms with Crippen molar-refractivity contribution in [2.75, 3.05) is 0 Å². The first-order chi connectivity index (χ1) is 4.30. The van der Waals surface area contributed by atoms with Crippen molar-refractivity contribution < 1.29 is 0 Å². The van der Waals surface area contributed by atoms with Gasteiger partial charge in [0.2, 0.25) is 0 Å². The maximum atomic E-state index is 3.70. The third-order valence-corrected chi connectivity index (χ3v) is 0.965. The van der Waals surface area contributed by atoms with E-state index < -0.39 is 0 Å². The van der Waals surface area contributed by atoms with Gasteiger partial charge in [0.15, 0.2) is 0 Å². The SMILES string of the molecule is CC(C)N1C=C=NN=N1. The van der Waals surface area contributed by atoms with E-state index in [9.17, 15) is 0 Å². The third kappa shape index (κ3) is 1.37. The van der Waals surface area contributed by atoms with E-state index in [4.69, 9.17) is 0 Å². The van der Waals surface area contributed by atoms with Gasteiger partial charge in [0.1, 0.15) is 0 Å². The Bertz CT molecular complexity index is 175. The molecule has 0 fully saturated rings. The van der Waals surface area contributed by atoms with E-state index in [-0.39, 0.29) is 0 Å². The summed E-state index contributed by atoms with van der Waals surface area (Å²) in [5.41, 5.74) is 0. The summed E-state index contributed by atoms with van der Waals surface area (Å²) >= 11 is 0. The fourth-order valence-corrected chi connectivity index (χ4v) is 0.455. The molecule has 0 aliphatic carbocycles. The lowest BCUT2D eigenvalue weighted by molar-refractivity contribution is 0.302. The van der Waals surface area contributed by atoms with Crippen LogP contribution in [0.2, 0.25) is 0 Å². The van der Waals surface area contributed by atoms with E-state index in [1.165, 1.54) is 0 Å². The van der Waals surface area contributed by atoms with Crippen LogP contribution in [0.4, 0.5) is 0 Å². The van der Waals surface area contributed by atoms with Crippen molar-refractivity contribution in [3.05, 3.63) is 6.20 Å². The fourth-order valence-electron chi connectivity index (χ4n) is 0.455. The minimum absolute atomic E-state index is 0.330. The Morgan fingerprint density at radius 1 is 1.56 bits per heavy atom. The van der Waals surface area contributed by atoms with Crippen molar-refractivity contribution in [3.8, 4) is 0 Å². The fraction of sp³-hybridized carbons (Fsp3) is 0.600. The largest absolute Gasteiger partial charge is 0.241 e. The molecule has 0 radical (unpaired) electrons. The molecule has 0 spiro atoms. The highest BCUT2D eigenvalue weighted by atomic mass is 15.6. The molecule has 0 saturated carbocycles. The first kappa shape index (κ1) is 5.98. The van der Waals surface area contributed by atoms with Gasteiger partial charge in [-0.15, -0.1) is 0 Å². The van der Waals surface area contributed by atoms with E-state index in [2.05, 4.69) is 21.4 Å². The first-order valence-electron chi connectivity index (χ1n) is 2.78. The molecule has 0 saturated heterocycles. The van der Waals surface area contributed by atoms with Gasteiger partial charge in [0.25, 0.3) is 0 Å². The molecule has 0 aromatic heterocycles. The van der Waals surface area contributed by atoms with E-state index in [1.54, 1.807) is 11.2 Å². The zero-order valence-electron chi connectivity index (χ0n) is 5.44. The lowest BCUT2D eigenvalue weighted by Crippen LogP contribution is -2.19. The Labute approximate surface area is 53.5 Å². The first-order valence-corrected chi connectivity index (χ1v) is 2.78. The summed E-state index contributed by atoms with van der Waals surface area (Å²) in [7, 11) is 0. The van der Waals surface area contributed by atoms with Crippen LogP contribution in [0.15, 0.2) is 21.7 Å². The maximum absolute atomic E-state index is 3.70. The van der Waals surface area contributed by atoms with Crippen LogP contribution in [0.1, 0.15) is 13.8 Å². The van der Waals surface area contributed by atoms with Crippen LogP contribution in [-0.4, -0.2) is 16.9 Å². The molecule has 9 heavy (non-hydrogen) atoms. The molecule has 0 amide bonds. The van der Waals surface area contributed by atoms with Gasteiger partial charge in [-0.05, 0) is 24.3 Å². The number of hydrogen-bond acceptors (Lipinski definition) is 4. The molecule has 4 nitrogen and oxygen atoms in total. The van der Waals surface area contributed by atoms with E-state index in [0.29, 0.717) is 6.04 Å². The van der Waals surface area contributed by atoms with Gasteiger partial charge in [0.05, 0.1) is 6.20 Å². The second-order valence-corrected chi connectivity index (χ2v) is 2.01. The Kier molecular flexibility index (Phi) is 1.60. The van der Waals surface area contributed by atoms with Crippen molar-refractivity contribution in [2.24, 2.45) is 15.5 Å². The molecule has 48 valence electrons. The van der Waals surface area contributed by atoms with Crippen molar-refractivity contribution in [3.63, 3.8) is 0 Å². The van der Waals surface area contributed by atoms with Crippen LogP contribution >= 0.6 is 0 Å². The molecular weight excluding hydrogens is 116 g/mol. The lowest BCUT2D eigenvalue weighted by Gasteiger charge is -2.14. The van der Waals surface area contributed by atoms with Crippen LogP contribution in [0.25, 0.3) is 0 Å². The Hall–Kier alpha value is -1.15. The normalized spacial score (nSPS) is 15.7. The number of nitrogens with zero attached hydrogens (tertiary/aromatic N) is 4. The Morgan fingerprint density at radius 2 is 2.33 bits per heavy atom. The molecule has 4 heteroatoms. The van der Waals surface area contributed by atoms with Crippen LogP contribution in [0.3, 0.4) is 0 Å². The molecule has 0 atom stereocenters. The molecule has 1 rings (SSSR count). The highest BCUT2D eigenvalue weighted by Crippen LogP contribution is 2.00.